The number of hydrogen-bond donors (Lipinski definition) is 1. The van der Waals surface area contributed by atoms with Crippen LogP contribution in [0.2, 0.25) is 0 Å². The van der Waals surface area contributed by atoms with Crippen molar-refractivity contribution < 1.29 is 4.98 Å². The highest BCUT2D eigenvalue weighted by molar-refractivity contribution is 4.82. The first-order valence-corrected chi connectivity index (χ1v) is 3.34. The summed E-state index contributed by atoms with van der Waals surface area (Å²) in [6.45, 7) is 0. The molecule has 0 aromatic carbocycles. The Morgan fingerprint density at radius 1 is 1.09 bits per heavy atom. The molecule has 0 aliphatic heterocycles. The van der Waals surface area contributed by atoms with Gasteiger partial charge in [0.25, 0.3) is 0 Å². The Kier molecular flexibility index (Phi) is 3.51. The van der Waals surface area contributed by atoms with Crippen LogP contribution in [-0.4, -0.2) is 9.97 Å². The second kappa shape index (κ2) is 5.17. The zero-order valence-corrected chi connectivity index (χ0v) is 6.07. The number of aromatic nitrogens is 3. The number of imidazole rings is 1. The zero-order valence-electron chi connectivity index (χ0n) is 6.07. The van der Waals surface area contributed by atoms with Crippen LogP contribution in [0, 0.1) is 0 Å². The summed E-state index contributed by atoms with van der Waals surface area (Å²) in [6.07, 6.45) is 8.83. The Balaban J connectivity index is 0.000000112. The van der Waals surface area contributed by atoms with Gasteiger partial charge in [-0.2, -0.15) is 0 Å². The first-order chi connectivity index (χ1) is 5.50. The molecule has 0 atom stereocenters. The smallest absolute Gasteiger partial charge is 0.166 e. The van der Waals surface area contributed by atoms with Gasteiger partial charge < -0.3 is 4.98 Å². The van der Waals surface area contributed by atoms with E-state index >= 15 is 0 Å². The van der Waals surface area contributed by atoms with E-state index in [2.05, 4.69) is 15.0 Å². The third-order valence-corrected chi connectivity index (χ3v) is 1.01. The Hall–Kier alpha value is -1.64. The van der Waals surface area contributed by atoms with E-state index in [1.54, 1.807) is 18.7 Å². The molecule has 2 rings (SSSR count). The summed E-state index contributed by atoms with van der Waals surface area (Å²) in [5.74, 6) is 0. The van der Waals surface area contributed by atoms with Crippen molar-refractivity contribution >= 4 is 0 Å². The molecule has 0 saturated heterocycles. The molecule has 0 bridgehead atoms. The van der Waals surface area contributed by atoms with E-state index in [1.807, 2.05) is 30.6 Å². The number of nitrogens with one attached hydrogen (secondary N) is 2. The first kappa shape index (κ1) is 7.47. The second-order valence-corrected chi connectivity index (χ2v) is 1.84. The molecule has 2 aromatic heterocycles. The van der Waals surface area contributed by atoms with Crippen molar-refractivity contribution in [1.82, 2.24) is 9.97 Å². The topological polar surface area (TPSA) is 42.8 Å². The van der Waals surface area contributed by atoms with Crippen molar-refractivity contribution in [2.45, 2.75) is 0 Å². The predicted molar refractivity (Wildman–Crippen MR) is 41.6 cm³/mol. The second-order valence-electron chi connectivity index (χ2n) is 1.84. The first-order valence-electron chi connectivity index (χ1n) is 3.34. The van der Waals surface area contributed by atoms with E-state index < -0.39 is 0 Å². The van der Waals surface area contributed by atoms with Crippen LogP contribution in [0.25, 0.3) is 0 Å². The molecule has 3 nitrogen and oxygen atoms in total. The summed E-state index contributed by atoms with van der Waals surface area (Å²) in [5, 5.41) is 0. The van der Waals surface area contributed by atoms with Crippen molar-refractivity contribution in [3.05, 3.63) is 49.3 Å². The maximum atomic E-state index is 3.67. The van der Waals surface area contributed by atoms with Gasteiger partial charge in [0.1, 0.15) is 0 Å². The molecular weight excluding hydrogens is 138 g/mol. The highest BCUT2D eigenvalue weighted by atomic mass is 14.8. The van der Waals surface area contributed by atoms with Gasteiger partial charge in [0, 0.05) is 24.5 Å². The molecule has 0 spiro atoms. The van der Waals surface area contributed by atoms with Crippen LogP contribution < -0.4 is 4.98 Å². The van der Waals surface area contributed by atoms with Gasteiger partial charge in [-0.25, -0.2) is 9.97 Å². The molecule has 0 amide bonds. The molecule has 2 aromatic rings. The van der Waals surface area contributed by atoms with Gasteiger partial charge in [0.15, 0.2) is 12.4 Å². The van der Waals surface area contributed by atoms with Crippen LogP contribution in [-0.2, 0) is 0 Å². The Morgan fingerprint density at radius 2 is 1.91 bits per heavy atom. The van der Waals surface area contributed by atoms with Crippen LogP contribution in [0.1, 0.15) is 0 Å². The molecule has 0 fully saturated rings. The fourth-order valence-corrected chi connectivity index (χ4v) is 0.557. The van der Waals surface area contributed by atoms with Gasteiger partial charge in [-0.3, -0.25) is 0 Å². The molecule has 0 aliphatic rings. The van der Waals surface area contributed by atoms with E-state index in [0.717, 1.165) is 0 Å². The number of aromatic amines is 2. The lowest BCUT2D eigenvalue weighted by atomic mass is 10.5. The lowest BCUT2D eigenvalue weighted by Gasteiger charge is -1.63. The van der Waals surface area contributed by atoms with Crippen LogP contribution in [0.3, 0.4) is 0 Å². The molecule has 0 unspecified atom stereocenters. The third-order valence-electron chi connectivity index (χ3n) is 1.01. The van der Waals surface area contributed by atoms with Crippen molar-refractivity contribution in [1.29, 1.82) is 0 Å². The largest absolute Gasteiger partial charge is 0.351 e. The van der Waals surface area contributed by atoms with Crippen molar-refractivity contribution in [3.8, 4) is 0 Å². The summed E-state index contributed by atoms with van der Waals surface area (Å²) in [7, 11) is 0. The molecule has 2 N–H and O–H groups in total. The van der Waals surface area contributed by atoms with Crippen LogP contribution >= 0.6 is 0 Å². The molecule has 11 heavy (non-hydrogen) atoms. The Labute approximate surface area is 65.1 Å². The van der Waals surface area contributed by atoms with Crippen LogP contribution in [0.5, 0.6) is 0 Å². The van der Waals surface area contributed by atoms with Gasteiger partial charge in [-0.05, 0) is 0 Å². The number of pyridine rings is 1. The van der Waals surface area contributed by atoms with Crippen molar-refractivity contribution in [3.63, 3.8) is 0 Å². The maximum absolute atomic E-state index is 3.67. The third kappa shape index (κ3) is 3.86. The van der Waals surface area contributed by atoms with Crippen molar-refractivity contribution in [2.24, 2.45) is 0 Å². The SMILES string of the molecule is c1c[nH]cn1.c1cc[nH+]cc1. The number of H-pyrrole nitrogens is 2. The average Bonchev–Trinajstić information content (AvgIpc) is 2.64. The number of nitrogens with zero attached hydrogens (tertiary/aromatic N) is 1. The lowest BCUT2D eigenvalue weighted by molar-refractivity contribution is -0.377. The minimum Gasteiger partial charge on any atom is -0.351 e. The summed E-state index contributed by atoms with van der Waals surface area (Å²) in [4.78, 5) is 9.31. The van der Waals surface area contributed by atoms with Gasteiger partial charge >= 0.3 is 0 Å². The van der Waals surface area contributed by atoms with Gasteiger partial charge in [0.2, 0.25) is 0 Å². The van der Waals surface area contributed by atoms with E-state index in [-0.39, 0.29) is 0 Å². The number of rotatable bonds is 0. The minimum atomic E-state index is 1.62. The highest BCUT2D eigenvalue weighted by Gasteiger charge is 1.65. The standard InChI is InChI=1S/C5H5N.C3H4N2/c1-2-4-6-5-3-1;1-2-5-3-4-1/h1-5H;1-3H,(H,4,5)/p+1. The quantitative estimate of drug-likeness (QED) is 0.593. The van der Waals surface area contributed by atoms with E-state index in [0.29, 0.717) is 0 Å². The monoisotopic (exact) mass is 148 g/mol. The zero-order chi connectivity index (χ0) is 7.78. The van der Waals surface area contributed by atoms with Gasteiger partial charge in [-0.1, -0.05) is 6.07 Å². The predicted octanol–water partition coefficient (Wildman–Crippen LogP) is 0.910. The van der Waals surface area contributed by atoms with Gasteiger partial charge in [-0.15, -0.1) is 0 Å². The molecule has 3 heteroatoms. The maximum Gasteiger partial charge on any atom is 0.166 e. The molecular formula is C8H10N3+. The van der Waals surface area contributed by atoms with Crippen LogP contribution in [0.15, 0.2) is 49.3 Å². The average molecular weight is 148 g/mol. The van der Waals surface area contributed by atoms with E-state index in [4.69, 9.17) is 0 Å². The fraction of sp³-hybridized carbons (Fsp3) is 0. The molecule has 0 aliphatic carbocycles. The molecule has 56 valence electrons. The highest BCUT2D eigenvalue weighted by Crippen LogP contribution is 1.68. The Morgan fingerprint density at radius 3 is 2.09 bits per heavy atom. The lowest BCUT2D eigenvalue weighted by Crippen LogP contribution is -1.93. The normalized spacial score (nSPS) is 8.00. The summed E-state index contributed by atoms with van der Waals surface area (Å²) < 4.78 is 0. The van der Waals surface area contributed by atoms with Crippen LogP contribution in [0.4, 0.5) is 0 Å². The van der Waals surface area contributed by atoms with E-state index in [9.17, 15) is 0 Å². The summed E-state index contributed by atoms with van der Waals surface area (Å²) in [5.41, 5.74) is 0. The molecule has 0 saturated carbocycles. The van der Waals surface area contributed by atoms with E-state index in [1.165, 1.54) is 0 Å². The van der Waals surface area contributed by atoms with Gasteiger partial charge in [0.05, 0.1) is 6.33 Å². The fourth-order valence-electron chi connectivity index (χ4n) is 0.557. The summed E-state index contributed by atoms with van der Waals surface area (Å²) >= 11 is 0. The molecule has 2 heterocycles. The number of hydrogen-bond acceptors (Lipinski definition) is 1. The minimum absolute atomic E-state index is 1.62. The molecule has 0 radical (unpaired) electrons. The summed E-state index contributed by atoms with van der Waals surface area (Å²) in [6, 6.07) is 5.86. The Bertz CT molecular complexity index is 195. The van der Waals surface area contributed by atoms with Crippen molar-refractivity contribution in [2.75, 3.05) is 0 Å².